The highest BCUT2D eigenvalue weighted by atomic mass is 16.3. The van der Waals surface area contributed by atoms with Gasteiger partial charge in [-0.05, 0) is 37.0 Å². The molecule has 0 aliphatic carbocycles. The first kappa shape index (κ1) is 12.7. The van der Waals surface area contributed by atoms with Crippen molar-refractivity contribution in [1.82, 2.24) is 5.32 Å². The van der Waals surface area contributed by atoms with Gasteiger partial charge < -0.3 is 10.4 Å². The standard InChI is InChI=1S/C13H19NO2/c1-10-4-5-12(8-11(10)2)9-13(16)14-6-3-7-15/h4-5,8,15H,3,6-7,9H2,1-2H3,(H,14,16). The van der Waals surface area contributed by atoms with Crippen LogP contribution >= 0.6 is 0 Å². The Morgan fingerprint density at radius 1 is 1.31 bits per heavy atom. The molecule has 0 aliphatic rings. The summed E-state index contributed by atoms with van der Waals surface area (Å²) in [7, 11) is 0. The van der Waals surface area contributed by atoms with Crippen LogP contribution in [-0.2, 0) is 11.2 Å². The van der Waals surface area contributed by atoms with Gasteiger partial charge in [0, 0.05) is 13.2 Å². The van der Waals surface area contributed by atoms with E-state index in [0.717, 1.165) is 5.56 Å². The van der Waals surface area contributed by atoms with Gasteiger partial charge in [0.25, 0.3) is 0 Å². The molecule has 16 heavy (non-hydrogen) atoms. The number of rotatable bonds is 5. The first-order valence-corrected chi connectivity index (χ1v) is 5.57. The Hall–Kier alpha value is -1.35. The van der Waals surface area contributed by atoms with E-state index in [-0.39, 0.29) is 12.5 Å². The second-order valence-electron chi connectivity index (χ2n) is 4.02. The van der Waals surface area contributed by atoms with Crippen LogP contribution in [0.3, 0.4) is 0 Å². The summed E-state index contributed by atoms with van der Waals surface area (Å²) in [5.74, 6) is 0.0108. The normalized spacial score (nSPS) is 10.2. The minimum absolute atomic E-state index is 0.0108. The summed E-state index contributed by atoms with van der Waals surface area (Å²) < 4.78 is 0. The fourth-order valence-corrected chi connectivity index (χ4v) is 1.47. The molecule has 3 nitrogen and oxygen atoms in total. The molecule has 1 aromatic rings. The molecule has 0 atom stereocenters. The van der Waals surface area contributed by atoms with E-state index in [0.29, 0.717) is 19.4 Å². The van der Waals surface area contributed by atoms with Crippen molar-refractivity contribution in [1.29, 1.82) is 0 Å². The number of carbonyl (C=O) groups is 1. The summed E-state index contributed by atoms with van der Waals surface area (Å²) in [6, 6.07) is 6.06. The number of nitrogens with one attached hydrogen (secondary N) is 1. The third-order valence-corrected chi connectivity index (χ3v) is 2.59. The lowest BCUT2D eigenvalue weighted by atomic mass is 10.0. The molecule has 1 amide bonds. The van der Waals surface area contributed by atoms with E-state index in [1.54, 1.807) is 0 Å². The van der Waals surface area contributed by atoms with Gasteiger partial charge in [-0.1, -0.05) is 18.2 Å². The third kappa shape index (κ3) is 4.03. The monoisotopic (exact) mass is 221 g/mol. The van der Waals surface area contributed by atoms with Crippen molar-refractivity contribution >= 4 is 5.91 Å². The predicted molar refractivity (Wildman–Crippen MR) is 64.3 cm³/mol. The van der Waals surface area contributed by atoms with Gasteiger partial charge in [0.1, 0.15) is 0 Å². The van der Waals surface area contributed by atoms with Crippen molar-refractivity contribution in [3.05, 3.63) is 34.9 Å². The van der Waals surface area contributed by atoms with Crippen molar-refractivity contribution in [2.75, 3.05) is 13.2 Å². The first-order valence-electron chi connectivity index (χ1n) is 5.57. The number of amides is 1. The molecule has 0 saturated heterocycles. The molecule has 0 heterocycles. The summed E-state index contributed by atoms with van der Waals surface area (Å²) >= 11 is 0. The highest BCUT2D eigenvalue weighted by Crippen LogP contribution is 2.10. The Labute approximate surface area is 96.5 Å². The maximum Gasteiger partial charge on any atom is 0.224 e. The van der Waals surface area contributed by atoms with Crippen LogP contribution in [0.15, 0.2) is 18.2 Å². The zero-order valence-electron chi connectivity index (χ0n) is 9.92. The van der Waals surface area contributed by atoms with E-state index < -0.39 is 0 Å². The second-order valence-corrected chi connectivity index (χ2v) is 4.02. The summed E-state index contributed by atoms with van der Waals surface area (Å²) in [5.41, 5.74) is 3.48. The summed E-state index contributed by atoms with van der Waals surface area (Å²) in [6.07, 6.45) is 1.02. The van der Waals surface area contributed by atoms with Crippen LogP contribution in [-0.4, -0.2) is 24.2 Å². The zero-order valence-corrected chi connectivity index (χ0v) is 9.92. The van der Waals surface area contributed by atoms with E-state index in [1.165, 1.54) is 11.1 Å². The molecule has 1 aromatic carbocycles. The van der Waals surface area contributed by atoms with Crippen LogP contribution in [0.2, 0.25) is 0 Å². The topological polar surface area (TPSA) is 49.3 Å². The number of benzene rings is 1. The number of aryl methyl sites for hydroxylation is 2. The molecule has 3 heteroatoms. The van der Waals surface area contributed by atoms with Crippen molar-refractivity contribution in [2.45, 2.75) is 26.7 Å². The maximum atomic E-state index is 11.5. The minimum atomic E-state index is 0.0108. The Morgan fingerprint density at radius 3 is 2.69 bits per heavy atom. The number of carbonyl (C=O) groups excluding carboxylic acids is 1. The maximum absolute atomic E-state index is 11.5. The number of aliphatic hydroxyl groups is 1. The molecule has 0 spiro atoms. The number of hydrogen-bond donors (Lipinski definition) is 2. The highest BCUT2D eigenvalue weighted by molar-refractivity contribution is 5.78. The summed E-state index contributed by atoms with van der Waals surface area (Å²) in [5, 5.41) is 11.4. The van der Waals surface area contributed by atoms with Crippen LogP contribution in [0.5, 0.6) is 0 Å². The van der Waals surface area contributed by atoms with Gasteiger partial charge in [0.2, 0.25) is 5.91 Å². The number of aliphatic hydroxyl groups excluding tert-OH is 1. The van der Waals surface area contributed by atoms with Crippen molar-refractivity contribution < 1.29 is 9.90 Å². The van der Waals surface area contributed by atoms with Gasteiger partial charge in [-0.2, -0.15) is 0 Å². The lowest BCUT2D eigenvalue weighted by Crippen LogP contribution is -2.26. The van der Waals surface area contributed by atoms with Gasteiger partial charge in [-0.15, -0.1) is 0 Å². The van der Waals surface area contributed by atoms with E-state index >= 15 is 0 Å². The SMILES string of the molecule is Cc1ccc(CC(=O)NCCCO)cc1C. The van der Waals surface area contributed by atoms with Crippen LogP contribution < -0.4 is 5.32 Å². The highest BCUT2D eigenvalue weighted by Gasteiger charge is 2.03. The zero-order chi connectivity index (χ0) is 12.0. The van der Waals surface area contributed by atoms with Crippen LogP contribution in [0.4, 0.5) is 0 Å². The van der Waals surface area contributed by atoms with Crippen LogP contribution in [0, 0.1) is 13.8 Å². The van der Waals surface area contributed by atoms with E-state index in [4.69, 9.17) is 5.11 Å². The van der Waals surface area contributed by atoms with Crippen molar-refractivity contribution in [2.24, 2.45) is 0 Å². The first-order chi connectivity index (χ1) is 7.63. The quantitative estimate of drug-likeness (QED) is 0.737. The van der Waals surface area contributed by atoms with Gasteiger partial charge in [-0.25, -0.2) is 0 Å². The van der Waals surface area contributed by atoms with E-state index in [2.05, 4.69) is 12.2 Å². The molecule has 1 rings (SSSR count). The Balaban J connectivity index is 2.46. The Bertz CT molecular complexity index is 361. The molecule has 0 fully saturated rings. The molecule has 0 aliphatic heterocycles. The van der Waals surface area contributed by atoms with Crippen molar-refractivity contribution in [3.8, 4) is 0 Å². The smallest absolute Gasteiger partial charge is 0.224 e. The van der Waals surface area contributed by atoms with Crippen LogP contribution in [0.25, 0.3) is 0 Å². The Morgan fingerprint density at radius 2 is 2.06 bits per heavy atom. The molecule has 0 aromatic heterocycles. The van der Waals surface area contributed by atoms with Crippen molar-refractivity contribution in [3.63, 3.8) is 0 Å². The molecule has 0 unspecified atom stereocenters. The third-order valence-electron chi connectivity index (χ3n) is 2.59. The lowest BCUT2D eigenvalue weighted by Gasteiger charge is -2.06. The molecule has 0 saturated carbocycles. The second kappa shape index (κ2) is 6.28. The molecule has 88 valence electrons. The van der Waals surface area contributed by atoms with Gasteiger partial charge in [-0.3, -0.25) is 4.79 Å². The van der Waals surface area contributed by atoms with Gasteiger partial charge in [0.15, 0.2) is 0 Å². The molecule has 0 bridgehead atoms. The van der Waals surface area contributed by atoms with Gasteiger partial charge in [0.05, 0.1) is 6.42 Å². The average molecular weight is 221 g/mol. The molecule has 0 radical (unpaired) electrons. The minimum Gasteiger partial charge on any atom is -0.396 e. The fourth-order valence-electron chi connectivity index (χ4n) is 1.47. The number of hydrogen-bond acceptors (Lipinski definition) is 2. The average Bonchev–Trinajstić information content (AvgIpc) is 2.24. The lowest BCUT2D eigenvalue weighted by molar-refractivity contribution is -0.120. The molecule has 2 N–H and O–H groups in total. The Kier molecular flexibility index (Phi) is 4.99. The molecular weight excluding hydrogens is 202 g/mol. The fraction of sp³-hybridized carbons (Fsp3) is 0.462. The van der Waals surface area contributed by atoms with E-state index in [1.807, 2.05) is 25.1 Å². The summed E-state index contributed by atoms with van der Waals surface area (Å²) in [6.45, 7) is 4.76. The van der Waals surface area contributed by atoms with Crippen LogP contribution in [0.1, 0.15) is 23.1 Å². The predicted octanol–water partition coefficient (Wildman–Crippen LogP) is 1.34. The van der Waals surface area contributed by atoms with E-state index in [9.17, 15) is 4.79 Å². The van der Waals surface area contributed by atoms with Gasteiger partial charge >= 0.3 is 0 Å². The molecular formula is C13H19NO2. The largest absolute Gasteiger partial charge is 0.396 e. The summed E-state index contributed by atoms with van der Waals surface area (Å²) in [4.78, 5) is 11.5.